The van der Waals surface area contributed by atoms with Crippen molar-refractivity contribution in [3.05, 3.63) is 29.8 Å². The first-order valence-corrected chi connectivity index (χ1v) is 5.34. The summed E-state index contributed by atoms with van der Waals surface area (Å²) in [5, 5.41) is 5.30. The highest BCUT2D eigenvalue weighted by molar-refractivity contribution is 6.01. The molecule has 17 heavy (non-hydrogen) atoms. The van der Waals surface area contributed by atoms with Crippen LogP contribution in [0.1, 0.15) is 23.2 Å². The number of nitrogens with one attached hydrogen (secondary N) is 2. The number of carbonyl (C=O) groups is 3. The van der Waals surface area contributed by atoms with E-state index in [1.165, 1.54) is 0 Å². The van der Waals surface area contributed by atoms with E-state index < -0.39 is 6.04 Å². The molecule has 1 saturated heterocycles. The first-order chi connectivity index (χ1) is 8.19. The number of rotatable bonds is 3. The van der Waals surface area contributed by atoms with E-state index in [1.54, 1.807) is 24.3 Å². The van der Waals surface area contributed by atoms with Crippen molar-refractivity contribution in [3.63, 3.8) is 0 Å². The lowest BCUT2D eigenvalue weighted by molar-refractivity contribution is -0.133. The number of benzene rings is 1. The maximum atomic E-state index is 11.5. The number of amides is 2. The average molecular weight is 232 g/mol. The molecule has 5 nitrogen and oxygen atoms in total. The van der Waals surface area contributed by atoms with Gasteiger partial charge < -0.3 is 5.32 Å². The first kappa shape index (κ1) is 11.3. The maximum absolute atomic E-state index is 11.5. The van der Waals surface area contributed by atoms with Crippen LogP contribution >= 0.6 is 0 Å². The molecule has 0 radical (unpaired) electrons. The van der Waals surface area contributed by atoms with E-state index in [0.717, 1.165) is 12.0 Å². The summed E-state index contributed by atoms with van der Waals surface area (Å²) in [4.78, 5) is 32.9. The molecule has 2 rings (SSSR count). The van der Waals surface area contributed by atoms with Gasteiger partial charge in [-0.05, 0) is 30.7 Å². The van der Waals surface area contributed by atoms with Gasteiger partial charge in [-0.15, -0.1) is 0 Å². The molecule has 0 aromatic heterocycles. The minimum absolute atomic E-state index is 0.232. The Morgan fingerprint density at radius 2 is 1.94 bits per heavy atom. The van der Waals surface area contributed by atoms with Crippen LogP contribution in [0.4, 0.5) is 5.69 Å². The van der Waals surface area contributed by atoms with E-state index >= 15 is 0 Å². The monoisotopic (exact) mass is 232 g/mol. The molecular weight excluding hydrogens is 220 g/mol. The molecule has 0 spiro atoms. The molecule has 1 fully saturated rings. The normalized spacial score (nSPS) is 19.6. The summed E-state index contributed by atoms with van der Waals surface area (Å²) >= 11 is 0. The van der Waals surface area contributed by atoms with Crippen molar-refractivity contribution in [2.75, 3.05) is 5.32 Å². The van der Waals surface area contributed by atoms with Gasteiger partial charge in [-0.1, -0.05) is 0 Å². The summed E-state index contributed by atoms with van der Waals surface area (Å²) in [5.74, 6) is -0.537. The van der Waals surface area contributed by atoms with Gasteiger partial charge in [0.2, 0.25) is 11.8 Å². The van der Waals surface area contributed by atoms with Gasteiger partial charge in [0, 0.05) is 17.7 Å². The molecule has 1 aliphatic heterocycles. The Morgan fingerprint density at radius 3 is 2.53 bits per heavy atom. The molecule has 1 atom stereocenters. The van der Waals surface area contributed by atoms with E-state index in [0.29, 0.717) is 18.4 Å². The van der Waals surface area contributed by atoms with Crippen LogP contribution in [0.25, 0.3) is 0 Å². The average Bonchev–Trinajstić information content (AvgIpc) is 2.34. The third-order valence-corrected chi connectivity index (χ3v) is 2.63. The predicted molar refractivity (Wildman–Crippen MR) is 61.6 cm³/mol. The highest BCUT2D eigenvalue weighted by Gasteiger charge is 2.26. The Morgan fingerprint density at radius 1 is 1.24 bits per heavy atom. The minimum atomic E-state index is -0.394. The zero-order chi connectivity index (χ0) is 12.3. The third kappa shape index (κ3) is 2.69. The lowest BCUT2D eigenvalue weighted by Crippen LogP contribution is -2.47. The Bertz CT molecular complexity index is 453. The van der Waals surface area contributed by atoms with E-state index in [2.05, 4.69) is 10.6 Å². The molecule has 1 unspecified atom stereocenters. The van der Waals surface area contributed by atoms with E-state index in [1.807, 2.05) is 0 Å². The topological polar surface area (TPSA) is 75.3 Å². The van der Waals surface area contributed by atoms with Crippen molar-refractivity contribution < 1.29 is 14.4 Å². The predicted octanol–water partition coefficient (Wildman–Crippen LogP) is 0.716. The van der Waals surface area contributed by atoms with E-state index in [9.17, 15) is 14.4 Å². The summed E-state index contributed by atoms with van der Waals surface area (Å²) in [7, 11) is 0. The second-order valence-corrected chi connectivity index (χ2v) is 3.89. The number of anilines is 1. The van der Waals surface area contributed by atoms with Gasteiger partial charge in [0.25, 0.3) is 0 Å². The Balaban J connectivity index is 2.02. The molecule has 1 heterocycles. The summed E-state index contributed by atoms with van der Waals surface area (Å²) in [6.45, 7) is 0. The highest BCUT2D eigenvalue weighted by Crippen LogP contribution is 2.14. The van der Waals surface area contributed by atoms with E-state index in [4.69, 9.17) is 0 Å². The Labute approximate surface area is 98.2 Å². The summed E-state index contributed by atoms with van der Waals surface area (Å²) in [6, 6.07) is 6.40. The van der Waals surface area contributed by atoms with Crippen molar-refractivity contribution in [1.29, 1.82) is 0 Å². The van der Waals surface area contributed by atoms with Crippen LogP contribution in [0.5, 0.6) is 0 Å². The van der Waals surface area contributed by atoms with Gasteiger partial charge in [0.05, 0.1) is 0 Å². The number of hydrogen-bond acceptors (Lipinski definition) is 4. The van der Waals surface area contributed by atoms with Gasteiger partial charge >= 0.3 is 0 Å². The lowest BCUT2D eigenvalue weighted by atomic mass is 10.1. The zero-order valence-corrected chi connectivity index (χ0v) is 9.10. The molecule has 0 bridgehead atoms. The summed E-state index contributed by atoms with van der Waals surface area (Å²) in [5.41, 5.74) is 1.34. The molecule has 0 saturated carbocycles. The molecule has 1 aliphatic rings. The number of carbonyl (C=O) groups excluding carboxylic acids is 3. The molecule has 1 aromatic carbocycles. The Kier molecular flexibility index (Phi) is 3.18. The fourth-order valence-corrected chi connectivity index (χ4v) is 1.69. The van der Waals surface area contributed by atoms with Crippen LogP contribution < -0.4 is 10.6 Å². The maximum Gasteiger partial charge on any atom is 0.249 e. The van der Waals surface area contributed by atoms with Gasteiger partial charge in [-0.3, -0.25) is 19.7 Å². The van der Waals surface area contributed by atoms with Crippen molar-refractivity contribution in [1.82, 2.24) is 5.32 Å². The standard InChI is InChI=1S/C12H12N2O3/c15-7-8-1-3-9(4-2-8)13-10-5-6-11(16)14-12(10)17/h1-4,7,10,13H,5-6H2,(H,14,16,17). The minimum Gasteiger partial charge on any atom is -0.374 e. The van der Waals surface area contributed by atoms with Crippen molar-refractivity contribution in [2.45, 2.75) is 18.9 Å². The smallest absolute Gasteiger partial charge is 0.249 e. The van der Waals surface area contributed by atoms with Crippen molar-refractivity contribution in [2.24, 2.45) is 0 Å². The molecule has 1 aromatic rings. The molecule has 88 valence electrons. The van der Waals surface area contributed by atoms with Gasteiger partial charge in [0.1, 0.15) is 12.3 Å². The van der Waals surface area contributed by atoms with Crippen LogP contribution in [0, 0.1) is 0 Å². The first-order valence-electron chi connectivity index (χ1n) is 5.34. The molecule has 5 heteroatoms. The summed E-state index contributed by atoms with van der Waals surface area (Å²) < 4.78 is 0. The van der Waals surface area contributed by atoms with E-state index in [-0.39, 0.29) is 11.8 Å². The molecule has 2 amide bonds. The highest BCUT2D eigenvalue weighted by atomic mass is 16.2. The van der Waals surface area contributed by atoms with Crippen LogP contribution in [0.3, 0.4) is 0 Å². The zero-order valence-electron chi connectivity index (χ0n) is 9.10. The quantitative estimate of drug-likeness (QED) is 0.594. The lowest BCUT2D eigenvalue weighted by Gasteiger charge is -2.22. The Hall–Kier alpha value is -2.17. The van der Waals surface area contributed by atoms with Gasteiger partial charge in [-0.25, -0.2) is 0 Å². The number of aldehydes is 1. The largest absolute Gasteiger partial charge is 0.374 e. The molecule has 2 N–H and O–H groups in total. The number of imide groups is 1. The fourth-order valence-electron chi connectivity index (χ4n) is 1.69. The SMILES string of the molecule is O=Cc1ccc(NC2CCC(=O)NC2=O)cc1. The number of piperidine rings is 1. The van der Waals surface area contributed by atoms with Crippen molar-refractivity contribution >= 4 is 23.8 Å². The third-order valence-electron chi connectivity index (χ3n) is 2.63. The molecular formula is C12H12N2O3. The second-order valence-electron chi connectivity index (χ2n) is 3.89. The van der Waals surface area contributed by atoms with Gasteiger partial charge in [-0.2, -0.15) is 0 Å². The van der Waals surface area contributed by atoms with Crippen LogP contribution in [-0.4, -0.2) is 24.1 Å². The van der Waals surface area contributed by atoms with Crippen molar-refractivity contribution in [3.8, 4) is 0 Å². The van der Waals surface area contributed by atoms with Crippen LogP contribution in [-0.2, 0) is 9.59 Å². The summed E-state index contributed by atoms with van der Waals surface area (Å²) in [6.07, 6.45) is 1.59. The fraction of sp³-hybridized carbons (Fsp3) is 0.250. The second kappa shape index (κ2) is 4.78. The molecule has 0 aliphatic carbocycles. The van der Waals surface area contributed by atoms with Crippen LogP contribution in [0.2, 0.25) is 0 Å². The van der Waals surface area contributed by atoms with Crippen LogP contribution in [0.15, 0.2) is 24.3 Å². The van der Waals surface area contributed by atoms with Gasteiger partial charge in [0.15, 0.2) is 0 Å². The number of hydrogen-bond donors (Lipinski definition) is 2.